The molecule has 30 heavy (non-hydrogen) atoms. The number of alkyl halides is 3. The number of pyridine rings is 1. The Kier molecular flexibility index (Phi) is 4.61. The van der Waals surface area contributed by atoms with E-state index in [2.05, 4.69) is 44.7 Å². The molecule has 1 N–H and O–H groups in total. The fourth-order valence-corrected chi connectivity index (χ4v) is 4.17. The maximum atomic E-state index is 13.0. The lowest BCUT2D eigenvalue weighted by atomic mass is 9.68. The van der Waals surface area contributed by atoms with Crippen LogP contribution in [0.2, 0.25) is 0 Å². The van der Waals surface area contributed by atoms with Crippen LogP contribution >= 0.6 is 0 Å². The molecule has 156 valence electrons. The zero-order valence-electron chi connectivity index (χ0n) is 16.2. The van der Waals surface area contributed by atoms with Gasteiger partial charge >= 0.3 is 6.18 Å². The van der Waals surface area contributed by atoms with Crippen LogP contribution in [0.25, 0.3) is 11.6 Å². The zero-order chi connectivity index (χ0) is 20.8. The first-order valence-electron chi connectivity index (χ1n) is 10.1. The smallest absolute Gasteiger partial charge is 0.332 e. The molecule has 5 nitrogen and oxygen atoms in total. The van der Waals surface area contributed by atoms with Crippen LogP contribution in [0.3, 0.4) is 0 Å². The van der Waals surface area contributed by atoms with Crippen LogP contribution in [0.5, 0.6) is 0 Å². The summed E-state index contributed by atoms with van der Waals surface area (Å²) in [7, 11) is 0. The molecule has 2 aliphatic carbocycles. The SMILES string of the molecule is FC(F)(F)c1ccnc(-c2nc(C3(CN[C@H]4C[C@@H]4c4ccccc4)CCC3)no2)c1. The van der Waals surface area contributed by atoms with Crippen molar-refractivity contribution in [3.63, 3.8) is 0 Å². The van der Waals surface area contributed by atoms with E-state index >= 15 is 0 Å². The molecule has 0 amide bonds. The summed E-state index contributed by atoms with van der Waals surface area (Å²) in [4.78, 5) is 8.40. The van der Waals surface area contributed by atoms with Crippen molar-refractivity contribution in [3.05, 3.63) is 65.6 Å². The van der Waals surface area contributed by atoms with Crippen LogP contribution in [-0.2, 0) is 11.6 Å². The van der Waals surface area contributed by atoms with Crippen molar-refractivity contribution >= 4 is 0 Å². The van der Waals surface area contributed by atoms with E-state index in [-0.39, 0.29) is 17.0 Å². The van der Waals surface area contributed by atoms with Crippen molar-refractivity contribution in [2.24, 2.45) is 0 Å². The molecule has 3 aromatic rings. The second kappa shape index (κ2) is 7.19. The number of halogens is 3. The Morgan fingerprint density at radius 3 is 2.63 bits per heavy atom. The van der Waals surface area contributed by atoms with Crippen LogP contribution in [-0.4, -0.2) is 27.7 Å². The normalized spacial score (nSPS) is 22.5. The second-order valence-corrected chi connectivity index (χ2v) is 8.22. The van der Waals surface area contributed by atoms with Gasteiger partial charge in [-0.2, -0.15) is 18.2 Å². The molecule has 2 saturated carbocycles. The van der Waals surface area contributed by atoms with E-state index in [0.717, 1.165) is 50.6 Å². The Morgan fingerprint density at radius 2 is 1.93 bits per heavy atom. The molecule has 2 fully saturated rings. The van der Waals surface area contributed by atoms with Crippen molar-refractivity contribution in [2.45, 2.75) is 49.2 Å². The molecule has 0 radical (unpaired) electrons. The lowest BCUT2D eigenvalue weighted by molar-refractivity contribution is -0.137. The van der Waals surface area contributed by atoms with E-state index in [0.29, 0.717) is 17.8 Å². The molecule has 0 spiro atoms. The standard InChI is InChI=1S/C22H21F3N4O/c23-22(24,25)15-7-10-26-18(11-15)19-28-20(29-30-19)21(8-4-9-21)13-27-17-12-16(17)14-5-2-1-3-6-14/h1-3,5-7,10-11,16-17,27H,4,8-9,12-13H2/t16-,17+/m1/s1. The molecule has 0 saturated heterocycles. The van der Waals surface area contributed by atoms with E-state index in [4.69, 9.17) is 4.52 Å². The molecule has 0 bridgehead atoms. The van der Waals surface area contributed by atoms with Crippen molar-refractivity contribution in [1.82, 2.24) is 20.4 Å². The Bertz CT molecular complexity index is 1030. The van der Waals surface area contributed by atoms with Gasteiger partial charge in [-0.1, -0.05) is 41.9 Å². The van der Waals surface area contributed by atoms with Crippen LogP contribution in [0.1, 0.15) is 48.6 Å². The summed E-state index contributed by atoms with van der Waals surface area (Å²) in [6, 6.07) is 12.7. The summed E-state index contributed by atoms with van der Waals surface area (Å²) in [5.41, 5.74) is 0.369. The minimum absolute atomic E-state index is 0.0240. The number of nitrogens with one attached hydrogen (secondary N) is 1. The Hall–Kier alpha value is -2.74. The quantitative estimate of drug-likeness (QED) is 0.633. The Labute approximate surface area is 171 Å². The summed E-state index contributed by atoms with van der Waals surface area (Å²) < 4.78 is 44.2. The van der Waals surface area contributed by atoms with Crippen LogP contribution in [0, 0.1) is 0 Å². The van der Waals surface area contributed by atoms with Gasteiger partial charge in [0.1, 0.15) is 5.69 Å². The maximum Gasteiger partial charge on any atom is 0.416 e. The van der Waals surface area contributed by atoms with Crippen molar-refractivity contribution in [1.29, 1.82) is 0 Å². The summed E-state index contributed by atoms with van der Waals surface area (Å²) in [6.07, 6.45) is 0.694. The van der Waals surface area contributed by atoms with Crippen molar-refractivity contribution < 1.29 is 17.7 Å². The molecular weight excluding hydrogens is 393 g/mol. The lowest BCUT2D eigenvalue weighted by Gasteiger charge is -2.39. The number of hydrogen-bond donors (Lipinski definition) is 1. The first-order chi connectivity index (χ1) is 14.4. The average Bonchev–Trinajstić information content (AvgIpc) is 3.33. The van der Waals surface area contributed by atoms with Crippen LogP contribution in [0.15, 0.2) is 53.2 Å². The molecule has 0 unspecified atom stereocenters. The third-order valence-corrected chi connectivity index (χ3v) is 6.24. The van der Waals surface area contributed by atoms with Crippen LogP contribution in [0.4, 0.5) is 13.2 Å². The third-order valence-electron chi connectivity index (χ3n) is 6.24. The highest BCUT2D eigenvalue weighted by Gasteiger charge is 2.46. The van der Waals surface area contributed by atoms with Crippen molar-refractivity contribution in [2.75, 3.05) is 6.54 Å². The van der Waals surface area contributed by atoms with Gasteiger partial charge in [0.25, 0.3) is 5.89 Å². The van der Waals surface area contributed by atoms with E-state index in [1.165, 1.54) is 5.56 Å². The third kappa shape index (κ3) is 3.60. The summed E-state index contributed by atoms with van der Waals surface area (Å²) >= 11 is 0. The van der Waals surface area contributed by atoms with Gasteiger partial charge in [0.05, 0.1) is 5.56 Å². The number of aromatic nitrogens is 3. The van der Waals surface area contributed by atoms with Gasteiger partial charge in [0, 0.05) is 30.1 Å². The van der Waals surface area contributed by atoms with E-state index < -0.39 is 11.7 Å². The number of rotatable bonds is 6. The number of nitrogens with zero attached hydrogens (tertiary/aromatic N) is 3. The van der Waals surface area contributed by atoms with E-state index in [9.17, 15) is 13.2 Å². The topological polar surface area (TPSA) is 63.8 Å². The Balaban J connectivity index is 1.29. The van der Waals surface area contributed by atoms with Gasteiger partial charge in [-0.25, -0.2) is 0 Å². The molecular formula is C22H21F3N4O. The minimum Gasteiger partial charge on any atom is -0.332 e. The zero-order valence-corrected chi connectivity index (χ0v) is 16.2. The molecule has 2 aromatic heterocycles. The molecule has 1 aromatic carbocycles. The fourth-order valence-electron chi connectivity index (χ4n) is 4.17. The molecule has 2 heterocycles. The predicted molar refractivity (Wildman–Crippen MR) is 104 cm³/mol. The fraction of sp³-hybridized carbons (Fsp3) is 0.409. The van der Waals surface area contributed by atoms with Gasteiger partial charge in [-0.15, -0.1) is 0 Å². The largest absolute Gasteiger partial charge is 0.416 e. The van der Waals surface area contributed by atoms with Gasteiger partial charge in [-0.3, -0.25) is 4.98 Å². The highest BCUT2D eigenvalue weighted by Crippen LogP contribution is 2.45. The van der Waals surface area contributed by atoms with Crippen molar-refractivity contribution in [3.8, 4) is 11.6 Å². The van der Waals surface area contributed by atoms with Gasteiger partial charge in [0.15, 0.2) is 5.82 Å². The highest BCUT2D eigenvalue weighted by atomic mass is 19.4. The first kappa shape index (κ1) is 19.2. The monoisotopic (exact) mass is 414 g/mol. The molecule has 8 heteroatoms. The molecule has 2 aliphatic rings. The number of hydrogen-bond acceptors (Lipinski definition) is 5. The van der Waals surface area contributed by atoms with Crippen LogP contribution < -0.4 is 5.32 Å². The molecule has 5 rings (SSSR count). The average molecular weight is 414 g/mol. The van der Waals surface area contributed by atoms with E-state index in [1.54, 1.807) is 0 Å². The minimum atomic E-state index is -4.45. The summed E-state index contributed by atoms with van der Waals surface area (Å²) in [5.74, 6) is 1.10. The molecule has 0 aliphatic heterocycles. The summed E-state index contributed by atoms with van der Waals surface area (Å²) in [6.45, 7) is 0.732. The van der Waals surface area contributed by atoms with E-state index in [1.807, 2.05) is 6.07 Å². The Morgan fingerprint density at radius 1 is 1.13 bits per heavy atom. The number of benzene rings is 1. The van der Waals surface area contributed by atoms with Gasteiger partial charge in [0.2, 0.25) is 0 Å². The summed E-state index contributed by atoms with van der Waals surface area (Å²) in [5, 5.41) is 7.75. The predicted octanol–water partition coefficient (Wildman–Crippen LogP) is 4.72. The van der Waals surface area contributed by atoms with Gasteiger partial charge in [-0.05, 0) is 37.0 Å². The molecule has 2 atom stereocenters. The first-order valence-corrected chi connectivity index (χ1v) is 10.1. The highest BCUT2D eigenvalue weighted by molar-refractivity contribution is 5.48. The lowest BCUT2D eigenvalue weighted by Crippen LogP contribution is -2.45. The maximum absolute atomic E-state index is 13.0. The second-order valence-electron chi connectivity index (χ2n) is 8.22. The van der Waals surface area contributed by atoms with Gasteiger partial charge < -0.3 is 9.84 Å².